The van der Waals surface area contributed by atoms with Gasteiger partial charge in [-0.2, -0.15) is 21.6 Å². The molecule has 0 saturated heterocycles. The summed E-state index contributed by atoms with van der Waals surface area (Å²) in [6.07, 6.45) is 6.61. The Kier molecular flexibility index (Phi) is 8.81. The molecule has 0 aliphatic heterocycles. The molecule has 1 unspecified atom stereocenters. The predicted molar refractivity (Wildman–Crippen MR) is 111 cm³/mol. The molecule has 0 radical (unpaired) electrons. The van der Waals surface area contributed by atoms with Crippen LogP contribution in [0.15, 0.2) is 52.1 Å². The number of aromatic nitrogens is 2. The van der Waals surface area contributed by atoms with E-state index in [4.69, 9.17) is 0 Å². The molecule has 148 valence electrons. The van der Waals surface area contributed by atoms with Crippen molar-refractivity contribution in [2.75, 3.05) is 18.6 Å². The lowest BCUT2D eigenvalue weighted by atomic mass is 10.2. The van der Waals surface area contributed by atoms with Gasteiger partial charge in [0.1, 0.15) is 6.04 Å². The summed E-state index contributed by atoms with van der Waals surface area (Å²) in [6.45, 7) is 1.14. The normalized spacial score (nSPS) is 12.7. The van der Waals surface area contributed by atoms with E-state index in [1.807, 2.05) is 18.5 Å². The van der Waals surface area contributed by atoms with E-state index in [9.17, 15) is 13.2 Å². The lowest BCUT2D eigenvalue weighted by Gasteiger charge is -2.18. The van der Waals surface area contributed by atoms with Gasteiger partial charge in [-0.3, -0.25) is 9.48 Å². The number of carbonyl (C=O) groups excluding carboxylic acids is 1. The number of rotatable bonds is 11. The van der Waals surface area contributed by atoms with Crippen molar-refractivity contribution in [3.05, 3.63) is 47.2 Å². The molecule has 7 nitrogen and oxygen atoms in total. The standard InChI is InChI=1S/C17H23BrN4O3S2/c1-26-13-8-16(17(23)19-9-2-11-22-12-3-10-20-22)21-27(24,25)15-6-4-14(18)5-7-15/h3-7,10,12,16,21H,2,8-9,11,13H2,1H3,(H,19,23). The fourth-order valence-electron chi connectivity index (χ4n) is 2.36. The number of thioether (sulfide) groups is 1. The summed E-state index contributed by atoms with van der Waals surface area (Å²) in [4.78, 5) is 12.6. The SMILES string of the molecule is CSCCC(NS(=O)(=O)c1ccc(Br)cc1)C(=O)NCCCn1cccn1. The Morgan fingerprint density at radius 1 is 1.33 bits per heavy atom. The highest BCUT2D eigenvalue weighted by Gasteiger charge is 2.25. The van der Waals surface area contributed by atoms with Crippen LogP contribution >= 0.6 is 27.7 Å². The zero-order valence-electron chi connectivity index (χ0n) is 15.0. The first-order valence-electron chi connectivity index (χ1n) is 8.44. The summed E-state index contributed by atoms with van der Waals surface area (Å²) >= 11 is 4.85. The van der Waals surface area contributed by atoms with Crippen LogP contribution in [0.4, 0.5) is 0 Å². The third-order valence-corrected chi connectivity index (χ3v) is 6.43. The Balaban J connectivity index is 1.94. The number of amides is 1. The maximum Gasteiger partial charge on any atom is 0.241 e. The highest BCUT2D eigenvalue weighted by molar-refractivity contribution is 9.10. The van der Waals surface area contributed by atoms with E-state index in [0.717, 1.165) is 4.47 Å². The number of aryl methyl sites for hydroxylation is 1. The number of hydrogen-bond acceptors (Lipinski definition) is 5. The van der Waals surface area contributed by atoms with Crippen molar-refractivity contribution in [2.45, 2.75) is 30.3 Å². The van der Waals surface area contributed by atoms with Gasteiger partial charge in [0.25, 0.3) is 0 Å². The zero-order chi connectivity index (χ0) is 19.7. The Morgan fingerprint density at radius 2 is 2.07 bits per heavy atom. The molecule has 0 aliphatic carbocycles. The van der Waals surface area contributed by atoms with Crippen LogP contribution in [0.1, 0.15) is 12.8 Å². The molecule has 1 atom stereocenters. The molecule has 0 saturated carbocycles. The average Bonchev–Trinajstić information content (AvgIpc) is 3.16. The Labute approximate surface area is 172 Å². The molecule has 2 N–H and O–H groups in total. The number of hydrogen-bond donors (Lipinski definition) is 2. The van der Waals surface area contributed by atoms with Crippen molar-refractivity contribution in [1.82, 2.24) is 19.8 Å². The van der Waals surface area contributed by atoms with Gasteiger partial charge in [-0.05, 0) is 55.2 Å². The van der Waals surface area contributed by atoms with Crippen LogP contribution in [0.25, 0.3) is 0 Å². The number of nitrogens with zero attached hydrogens (tertiary/aromatic N) is 2. The van der Waals surface area contributed by atoms with E-state index in [0.29, 0.717) is 31.7 Å². The fourth-order valence-corrected chi connectivity index (χ4v) is 4.32. The summed E-state index contributed by atoms with van der Waals surface area (Å²) in [5.41, 5.74) is 0. The van der Waals surface area contributed by atoms with Gasteiger partial charge in [-0.15, -0.1) is 0 Å². The van der Waals surface area contributed by atoms with Gasteiger partial charge in [0.05, 0.1) is 4.90 Å². The number of carbonyl (C=O) groups is 1. The molecule has 1 aromatic heterocycles. The summed E-state index contributed by atoms with van der Waals surface area (Å²) in [5, 5.41) is 6.92. The van der Waals surface area contributed by atoms with E-state index < -0.39 is 16.1 Å². The second-order valence-corrected chi connectivity index (χ2v) is 9.44. The molecule has 1 aromatic carbocycles. The van der Waals surface area contributed by atoms with Gasteiger partial charge in [-0.25, -0.2) is 8.42 Å². The Bertz CT molecular complexity index is 811. The molecular weight excluding hydrogens is 452 g/mol. The number of nitrogens with one attached hydrogen (secondary N) is 2. The molecule has 2 aromatic rings. The minimum atomic E-state index is -3.77. The molecule has 0 fully saturated rings. The molecule has 27 heavy (non-hydrogen) atoms. The molecular formula is C17H23BrN4O3S2. The molecule has 0 spiro atoms. The molecule has 0 aliphatic rings. The van der Waals surface area contributed by atoms with Crippen LogP contribution in [0.2, 0.25) is 0 Å². The van der Waals surface area contributed by atoms with Crippen LogP contribution in [0.5, 0.6) is 0 Å². The molecule has 1 heterocycles. The third-order valence-electron chi connectivity index (χ3n) is 3.77. The minimum Gasteiger partial charge on any atom is -0.355 e. The zero-order valence-corrected chi connectivity index (χ0v) is 18.2. The van der Waals surface area contributed by atoms with Crippen molar-refractivity contribution in [1.29, 1.82) is 0 Å². The van der Waals surface area contributed by atoms with Crippen molar-refractivity contribution in [2.24, 2.45) is 0 Å². The summed E-state index contributed by atoms with van der Waals surface area (Å²) in [7, 11) is -3.77. The fraction of sp³-hybridized carbons (Fsp3) is 0.412. The van der Waals surface area contributed by atoms with Crippen molar-refractivity contribution in [3.63, 3.8) is 0 Å². The summed E-state index contributed by atoms with van der Waals surface area (Å²) in [6, 6.07) is 7.34. The first-order chi connectivity index (χ1) is 12.9. The van der Waals surface area contributed by atoms with E-state index in [1.54, 1.807) is 34.8 Å². The first kappa shape index (κ1) is 21.9. The van der Waals surface area contributed by atoms with Crippen molar-refractivity contribution < 1.29 is 13.2 Å². The topological polar surface area (TPSA) is 93.1 Å². The van der Waals surface area contributed by atoms with Crippen LogP contribution in [-0.4, -0.2) is 48.7 Å². The third kappa shape index (κ3) is 7.28. The van der Waals surface area contributed by atoms with Gasteiger partial charge in [0.15, 0.2) is 0 Å². The summed E-state index contributed by atoms with van der Waals surface area (Å²) in [5.74, 6) is 0.360. The first-order valence-corrected chi connectivity index (χ1v) is 12.1. The second-order valence-electron chi connectivity index (χ2n) is 5.82. The van der Waals surface area contributed by atoms with Gasteiger partial charge in [0.2, 0.25) is 15.9 Å². The lowest BCUT2D eigenvalue weighted by Crippen LogP contribution is -2.47. The second kappa shape index (κ2) is 10.8. The Hall–Kier alpha value is -1.36. The largest absolute Gasteiger partial charge is 0.355 e. The molecule has 10 heteroatoms. The quantitative estimate of drug-likeness (QED) is 0.487. The van der Waals surface area contributed by atoms with Crippen molar-refractivity contribution >= 4 is 43.6 Å². The lowest BCUT2D eigenvalue weighted by molar-refractivity contribution is -0.122. The van der Waals surface area contributed by atoms with E-state index >= 15 is 0 Å². The van der Waals surface area contributed by atoms with Crippen LogP contribution < -0.4 is 10.0 Å². The highest BCUT2D eigenvalue weighted by atomic mass is 79.9. The van der Waals surface area contributed by atoms with Crippen molar-refractivity contribution in [3.8, 4) is 0 Å². The van der Waals surface area contributed by atoms with E-state index in [-0.39, 0.29) is 10.8 Å². The van der Waals surface area contributed by atoms with Gasteiger partial charge < -0.3 is 5.32 Å². The van der Waals surface area contributed by atoms with Gasteiger partial charge in [-0.1, -0.05) is 15.9 Å². The number of halogens is 1. The monoisotopic (exact) mass is 474 g/mol. The highest BCUT2D eigenvalue weighted by Crippen LogP contribution is 2.15. The van der Waals surface area contributed by atoms with E-state index in [2.05, 4.69) is 31.1 Å². The number of benzene rings is 1. The average molecular weight is 475 g/mol. The smallest absolute Gasteiger partial charge is 0.241 e. The predicted octanol–water partition coefficient (Wildman–Crippen LogP) is 2.25. The van der Waals surface area contributed by atoms with E-state index in [1.165, 1.54) is 12.1 Å². The molecule has 2 rings (SSSR count). The number of sulfonamides is 1. The van der Waals surface area contributed by atoms with Crippen LogP contribution in [-0.2, 0) is 21.4 Å². The van der Waals surface area contributed by atoms with Gasteiger partial charge >= 0.3 is 0 Å². The van der Waals surface area contributed by atoms with Crippen LogP contribution in [0, 0.1) is 0 Å². The minimum absolute atomic E-state index is 0.131. The molecule has 0 bridgehead atoms. The van der Waals surface area contributed by atoms with Gasteiger partial charge in [0, 0.05) is 30.0 Å². The molecule has 1 amide bonds. The van der Waals surface area contributed by atoms with Crippen LogP contribution in [0.3, 0.4) is 0 Å². The maximum atomic E-state index is 12.6. The summed E-state index contributed by atoms with van der Waals surface area (Å²) < 4.78 is 30.3. The maximum absolute atomic E-state index is 12.6. The Morgan fingerprint density at radius 3 is 2.70 bits per heavy atom.